The average Bonchev–Trinajstić information content (AvgIpc) is 3.92. The van der Waals surface area contributed by atoms with Gasteiger partial charge in [-0.15, -0.1) is 11.3 Å². The van der Waals surface area contributed by atoms with Gasteiger partial charge in [0, 0.05) is 75.0 Å². The van der Waals surface area contributed by atoms with Gasteiger partial charge in [-0.2, -0.15) is 0 Å². The number of nitrogens with zero attached hydrogens (tertiary/aromatic N) is 4. The molecule has 0 saturated carbocycles. The molecule has 298 valence electrons. The van der Waals surface area contributed by atoms with E-state index in [4.69, 9.17) is 15.0 Å². The molecule has 0 fully saturated rings. The number of rotatable bonds is 6. The molecule has 4 heterocycles. The molecule has 13 rings (SSSR count). The van der Waals surface area contributed by atoms with Crippen molar-refractivity contribution in [2.75, 3.05) is 0 Å². The number of hydrogen-bond donors (Lipinski definition) is 0. The lowest BCUT2D eigenvalue weighted by Gasteiger charge is -2.11. The van der Waals surface area contributed by atoms with E-state index in [1.807, 2.05) is 29.5 Å². The summed E-state index contributed by atoms with van der Waals surface area (Å²) in [6, 6.07) is 77.7. The highest BCUT2D eigenvalue weighted by molar-refractivity contribution is 7.26. The lowest BCUT2D eigenvalue weighted by Crippen LogP contribution is -1.96. The fourth-order valence-electron chi connectivity index (χ4n) is 9.54. The number of benzene rings is 9. The van der Waals surface area contributed by atoms with Crippen molar-refractivity contribution in [1.82, 2.24) is 19.5 Å². The zero-order valence-corrected chi connectivity index (χ0v) is 35.3. The molecule has 0 spiro atoms. The Morgan fingerprint density at radius 1 is 0.344 bits per heavy atom. The molecule has 4 aromatic heterocycles. The number of aromatic nitrogens is 4. The van der Waals surface area contributed by atoms with Gasteiger partial charge in [0.25, 0.3) is 0 Å². The first kappa shape index (κ1) is 36.4. The van der Waals surface area contributed by atoms with E-state index < -0.39 is 0 Å². The van der Waals surface area contributed by atoms with E-state index in [-0.39, 0.29) is 0 Å². The van der Waals surface area contributed by atoms with Gasteiger partial charge >= 0.3 is 0 Å². The molecule has 0 saturated heterocycles. The maximum Gasteiger partial charge on any atom is 0.160 e. The van der Waals surface area contributed by atoms with Crippen LogP contribution in [0.3, 0.4) is 0 Å². The highest BCUT2D eigenvalue weighted by atomic mass is 32.1. The van der Waals surface area contributed by atoms with Crippen LogP contribution in [-0.4, -0.2) is 19.5 Å². The van der Waals surface area contributed by atoms with Gasteiger partial charge in [-0.25, -0.2) is 15.0 Å². The van der Waals surface area contributed by atoms with Gasteiger partial charge in [0.05, 0.1) is 33.6 Å². The van der Waals surface area contributed by atoms with Crippen molar-refractivity contribution in [2.24, 2.45) is 0 Å². The maximum atomic E-state index is 5.20. The first-order valence-electron chi connectivity index (χ1n) is 21.6. The van der Waals surface area contributed by atoms with Crippen LogP contribution < -0.4 is 0 Å². The highest BCUT2D eigenvalue weighted by Crippen LogP contribution is 2.44. The van der Waals surface area contributed by atoms with Crippen LogP contribution in [-0.2, 0) is 0 Å². The van der Waals surface area contributed by atoms with Gasteiger partial charge in [0.1, 0.15) is 0 Å². The smallest absolute Gasteiger partial charge is 0.160 e. The monoisotopic (exact) mass is 832 g/mol. The molecule has 0 bridgehead atoms. The Labute approximate surface area is 373 Å². The van der Waals surface area contributed by atoms with Gasteiger partial charge in [-0.1, -0.05) is 164 Å². The summed E-state index contributed by atoms with van der Waals surface area (Å²) in [6.45, 7) is 0. The van der Waals surface area contributed by atoms with Crippen LogP contribution in [0.2, 0.25) is 0 Å². The second kappa shape index (κ2) is 14.7. The first-order valence-corrected chi connectivity index (χ1v) is 22.4. The number of pyridine rings is 1. The molecule has 0 amide bonds. The fraction of sp³-hybridized carbons (Fsp3) is 0. The standard InChI is InChI=1S/C59H36N4S/c1-4-14-39(15-5-1)57-47-31-30-45-49-34-41(29-33-55(49)64-58(45)56(47)46-21-10-12-22-50(46)60-57)37-24-26-38(27-25-37)51-36-52(62-59(61-51)40-16-6-2-7-17-40)42-28-32-54-48(35-42)44-20-11-13-23-53(44)63(54)43-18-8-3-9-19-43/h1-36H. The Bertz CT molecular complexity index is 3930. The van der Waals surface area contributed by atoms with Crippen LogP contribution in [0.4, 0.5) is 0 Å². The van der Waals surface area contributed by atoms with Gasteiger partial charge < -0.3 is 4.57 Å². The number of thiophene rings is 1. The fourth-order valence-corrected chi connectivity index (χ4v) is 10.8. The minimum Gasteiger partial charge on any atom is -0.309 e. The SMILES string of the molecule is c1ccc(-c2nc(-c3ccc(-c4ccc5sc6c(ccc7c(-c8ccccc8)nc8ccccc8c76)c5c4)cc3)cc(-c3ccc4c(c3)c3ccccc3n4-c3ccccc3)n2)cc1. The van der Waals surface area contributed by atoms with E-state index in [0.717, 1.165) is 61.6 Å². The summed E-state index contributed by atoms with van der Waals surface area (Å²) >= 11 is 1.87. The lowest BCUT2D eigenvalue weighted by atomic mass is 9.97. The molecular weight excluding hydrogens is 797 g/mol. The Hall–Kier alpha value is -8.25. The van der Waals surface area contributed by atoms with Crippen molar-refractivity contribution < 1.29 is 0 Å². The van der Waals surface area contributed by atoms with Crippen molar-refractivity contribution in [3.05, 3.63) is 218 Å². The minimum absolute atomic E-state index is 0.700. The molecule has 0 aliphatic heterocycles. The van der Waals surface area contributed by atoms with Crippen molar-refractivity contribution in [1.29, 1.82) is 0 Å². The van der Waals surface area contributed by atoms with Crippen LogP contribution in [0, 0.1) is 0 Å². The summed E-state index contributed by atoms with van der Waals surface area (Å²) in [5.74, 6) is 0.700. The van der Waals surface area contributed by atoms with Gasteiger partial charge in [0.2, 0.25) is 0 Å². The molecule has 13 aromatic rings. The molecule has 0 atom stereocenters. The normalized spacial score (nSPS) is 11.8. The Morgan fingerprint density at radius 2 is 0.938 bits per heavy atom. The topological polar surface area (TPSA) is 43.6 Å². The van der Waals surface area contributed by atoms with Crippen LogP contribution in [0.1, 0.15) is 0 Å². The average molecular weight is 833 g/mol. The molecule has 4 nitrogen and oxygen atoms in total. The lowest BCUT2D eigenvalue weighted by molar-refractivity contribution is 1.18. The van der Waals surface area contributed by atoms with Crippen LogP contribution in [0.5, 0.6) is 0 Å². The van der Waals surface area contributed by atoms with Crippen molar-refractivity contribution in [2.45, 2.75) is 0 Å². The third kappa shape index (κ3) is 5.93. The second-order valence-electron chi connectivity index (χ2n) is 16.3. The van der Waals surface area contributed by atoms with Crippen LogP contribution in [0.15, 0.2) is 218 Å². The van der Waals surface area contributed by atoms with Gasteiger partial charge in [-0.3, -0.25) is 0 Å². The number of para-hydroxylation sites is 3. The molecule has 9 aromatic carbocycles. The van der Waals surface area contributed by atoms with E-state index in [1.165, 1.54) is 58.2 Å². The molecule has 0 unspecified atom stereocenters. The van der Waals surface area contributed by atoms with Crippen molar-refractivity contribution in [3.63, 3.8) is 0 Å². The zero-order chi connectivity index (χ0) is 42.1. The quantitative estimate of drug-likeness (QED) is 0.157. The van der Waals surface area contributed by atoms with Gasteiger partial charge in [0.15, 0.2) is 5.82 Å². The van der Waals surface area contributed by atoms with Crippen LogP contribution in [0.25, 0.3) is 126 Å². The summed E-state index contributed by atoms with van der Waals surface area (Å²) in [5, 5.41) is 8.57. The zero-order valence-electron chi connectivity index (χ0n) is 34.5. The highest BCUT2D eigenvalue weighted by Gasteiger charge is 2.18. The molecule has 0 N–H and O–H groups in total. The molecule has 0 radical (unpaired) electrons. The largest absolute Gasteiger partial charge is 0.309 e. The summed E-state index contributed by atoms with van der Waals surface area (Å²) < 4.78 is 4.92. The van der Waals surface area contributed by atoms with Crippen LogP contribution >= 0.6 is 11.3 Å². The Kier molecular flexibility index (Phi) is 8.36. The molecule has 5 heteroatoms. The summed E-state index contributed by atoms with van der Waals surface area (Å²) in [6.07, 6.45) is 0. The van der Waals surface area contributed by atoms with E-state index in [9.17, 15) is 0 Å². The maximum absolute atomic E-state index is 5.20. The molecule has 64 heavy (non-hydrogen) atoms. The predicted molar refractivity (Wildman–Crippen MR) is 269 cm³/mol. The summed E-state index contributed by atoms with van der Waals surface area (Å²) in [5.41, 5.74) is 13.8. The van der Waals surface area contributed by atoms with E-state index in [0.29, 0.717) is 5.82 Å². The third-order valence-electron chi connectivity index (χ3n) is 12.6. The molecular formula is C59H36N4S. The predicted octanol–water partition coefficient (Wildman–Crippen LogP) is 16.0. The van der Waals surface area contributed by atoms with Crippen molar-refractivity contribution in [3.8, 4) is 62.0 Å². The van der Waals surface area contributed by atoms with Gasteiger partial charge in [-0.05, 0) is 65.7 Å². The first-order chi connectivity index (χ1) is 31.7. The third-order valence-corrected chi connectivity index (χ3v) is 13.8. The van der Waals surface area contributed by atoms with E-state index >= 15 is 0 Å². The van der Waals surface area contributed by atoms with E-state index in [1.54, 1.807) is 0 Å². The van der Waals surface area contributed by atoms with Crippen molar-refractivity contribution >= 4 is 75.0 Å². The summed E-state index contributed by atoms with van der Waals surface area (Å²) in [4.78, 5) is 15.6. The Morgan fingerprint density at radius 3 is 1.73 bits per heavy atom. The second-order valence-corrected chi connectivity index (χ2v) is 17.4. The van der Waals surface area contributed by atoms with E-state index in [2.05, 4.69) is 205 Å². The Balaban J connectivity index is 0.907. The number of fused-ring (bicyclic) bond motifs is 10. The molecule has 0 aliphatic rings. The summed E-state index contributed by atoms with van der Waals surface area (Å²) in [7, 11) is 0. The number of hydrogen-bond acceptors (Lipinski definition) is 4. The molecule has 0 aliphatic carbocycles. The minimum atomic E-state index is 0.700.